The van der Waals surface area contributed by atoms with E-state index in [0.717, 1.165) is 37.4 Å². The fourth-order valence-corrected chi connectivity index (χ4v) is 3.10. The molecule has 6 heteroatoms. The zero-order chi connectivity index (χ0) is 16.3. The largest absolute Gasteiger partial charge is 0.480 e. The van der Waals surface area contributed by atoms with E-state index in [4.69, 9.17) is 0 Å². The number of rotatable bonds is 3. The van der Waals surface area contributed by atoms with Crippen molar-refractivity contribution in [1.29, 1.82) is 0 Å². The molecule has 2 heterocycles. The monoisotopic (exact) mass is 307 g/mol. The number of hydrogen-bond acceptors (Lipinski definition) is 4. The maximum atomic E-state index is 12.7. The highest BCUT2D eigenvalue weighted by molar-refractivity contribution is 5.89. The average molecular weight is 307 g/mol. The van der Waals surface area contributed by atoms with Crippen LogP contribution in [0.1, 0.15) is 20.3 Å². The Bertz CT molecular complexity index is 505. The van der Waals surface area contributed by atoms with Gasteiger partial charge in [-0.1, -0.05) is 12.2 Å². The summed E-state index contributed by atoms with van der Waals surface area (Å²) in [6, 6.07) is -0.780. The van der Waals surface area contributed by atoms with Gasteiger partial charge >= 0.3 is 5.97 Å². The van der Waals surface area contributed by atoms with Gasteiger partial charge in [0.1, 0.15) is 6.04 Å². The van der Waals surface area contributed by atoms with E-state index in [1.807, 2.05) is 26.0 Å². The molecule has 0 aromatic rings. The molecule has 0 aromatic heterocycles. The van der Waals surface area contributed by atoms with Gasteiger partial charge in [-0.15, -0.1) is 0 Å². The van der Waals surface area contributed by atoms with Crippen molar-refractivity contribution in [3.8, 4) is 0 Å². The number of allylic oxidation sites excluding steroid dienone is 3. The fourth-order valence-electron chi connectivity index (χ4n) is 3.10. The number of likely N-dealkylation sites (tertiary alicyclic amines) is 1. The van der Waals surface area contributed by atoms with E-state index in [9.17, 15) is 14.7 Å². The van der Waals surface area contributed by atoms with E-state index < -0.39 is 12.0 Å². The molecule has 6 nitrogen and oxygen atoms in total. The number of piperazine rings is 1. The average Bonchev–Trinajstić information content (AvgIpc) is 2.88. The van der Waals surface area contributed by atoms with Crippen LogP contribution in [0.4, 0.5) is 0 Å². The molecule has 0 bridgehead atoms. The molecule has 2 fully saturated rings. The van der Waals surface area contributed by atoms with Gasteiger partial charge in [0.2, 0.25) is 5.91 Å². The number of carbonyl (C=O) groups is 2. The van der Waals surface area contributed by atoms with Crippen molar-refractivity contribution >= 4 is 11.9 Å². The van der Waals surface area contributed by atoms with Crippen LogP contribution in [0.3, 0.4) is 0 Å². The van der Waals surface area contributed by atoms with Crippen LogP contribution in [-0.4, -0.2) is 77.5 Å². The Labute approximate surface area is 131 Å². The summed E-state index contributed by atoms with van der Waals surface area (Å²) in [5, 5.41) is 9.43. The zero-order valence-corrected chi connectivity index (χ0v) is 13.6. The smallest absolute Gasteiger partial charge is 0.327 e. The molecule has 2 aliphatic heterocycles. The molecule has 1 N–H and O–H groups in total. The number of carbonyl (C=O) groups excluding carboxylic acids is 1. The van der Waals surface area contributed by atoms with E-state index in [1.54, 1.807) is 0 Å². The molecule has 122 valence electrons. The van der Waals surface area contributed by atoms with Crippen LogP contribution in [0.2, 0.25) is 0 Å². The summed E-state index contributed by atoms with van der Waals surface area (Å²) in [4.78, 5) is 30.0. The molecule has 1 atom stereocenters. The van der Waals surface area contributed by atoms with Crippen LogP contribution in [-0.2, 0) is 9.59 Å². The van der Waals surface area contributed by atoms with Gasteiger partial charge in [-0.3, -0.25) is 14.6 Å². The Hall–Kier alpha value is -1.66. The first-order valence-corrected chi connectivity index (χ1v) is 7.75. The predicted molar refractivity (Wildman–Crippen MR) is 84.3 cm³/mol. The van der Waals surface area contributed by atoms with Crippen molar-refractivity contribution in [2.75, 3.05) is 39.8 Å². The van der Waals surface area contributed by atoms with Gasteiger partial charge in [0, 0.05) is 38.3 Å². The number of carboxylic acid groups (broad SMARTS) is 1. The lowest BCUT2D eigenvalue weighted by atomic mass is 10.1. The van der Waals surface area contributed by atoms with Crippen molar-refractivity contribution in [3.63, 3.8) is 0 Å². The standard InChI is InChI=1S/C16H25N3O3/c1-4-12-10-14(16(21)22)19(13(12)5-2)15(20)11-18-8-6-17(3)7-9-18/h4-5,14H,6-11H2,1-3H3,(H,21,22)/b12-4-,13-5+. The molecule has 0 spiro atoms. The zero-order valence-electron chi connectivity index (χ0n) is 13.6. The summed E-state index contributed by atoms with van der Waals surface area (Å²) < 4.78 is 0. The third-order valence-electron chi connectivity index (χ3n) is 4.44. The molecular formula is C16H25N3O3. The number of aliphatic carboxylic acids is 1. The molecule has 1 unspecified atom stereocenters. The quantitative estimate of drug-likeness (QED) is 0.834. The highest BCUT2D eigenvalue weighted by Gasteiger charge is 2.40. The third-order valence-corrected chi connectivity index (χ3v) is 4.44. The van der Waals surface area contributed by atoms with Gasteiger partial charge in [-0.2, -0.15) is 0 Å². The van der Waals surface area contributed by atoms with Crippen LogP contribution in [0.25, 0.3) is 0 Å². The minimum atomic E-state index is -0.942. The molecule has 1 amide bonds. The second-order valence-electron chi connectivity index (χ2n) is 5.89. The Morgan fingerprint density at radius 1 is 1.18 bits per heavy atom. The summed E-state index contributed by atoms with van der Waals surface area (Å²) in [5.74, 6) is -1.06. The first-order chi connectivity index (χ1) is 10.5. The number of amides is 1. The molecule has 0 radical (unpaired) electrons. The number of nitrogens with zero attached hydrogens (tertiary/aromatic N) is 3. The van der Waals surface area contributed by atoms with Crippen molar-refractivity contribution in [1.82, 2.24) is 14.7 Å². The Morgan fingerprint density at radius 3 is 2.32 bits per heavy atom. The van der Waals surface area contributed by atoms with Gasteiger partial charge in [0.25, 0.3) is 0 Å². The van der Waals surface area contributed by atoms with Crippen LogP contribution in [0, 0.1) is 0 Å². The number of hydrogen-bond donors (Lipinski definition) is 1. The van der Waals surface area contributed by atoms with E-state index in [1.165, 1.54) is 4.90 Å². The molecule has 0 aromatic carbocycles. The second kappa shape index (κ2) is 7.07. The van der Waals surface area contributed by atoms with Crippen molar-refractivity contribution in [2.45, 2.75) is 26.3 Å². The van der Waals surface area contributed by atoms with Crippen LogP contribution < -0.4 is 0 Å². The lowest BCUT2D eigenvalue weighted by Crippen LogP contribution is -2.50. The van der Waals surface area contributed by atoms with Crippen LogP contribution >= 0.6 is 0 Å². The topological polar surface area (TPSA) is 64.1 Å². The van der Waals surface area contributed by atoms with Gasteiger partial charge in [-0.25, -0.2) is 4.79 Å². The molecule has 22 heavy (non-hydrogen) atoms. The van der Waals surface area contributed by atoms with Gasteiger partial charge < -0.3 is 10.0 Å². The normalized spacial score (nSPS) is 27.8. The van der Waals surface area contributed by atoms with E-state index in [2.05, 4.69) is 16.8 Å². The summed E-state index contributed by atoms with van der Waals surface area (Å²) in [6.45, 7) is 7.57. The van der Waals surface area contributed by atoms with Crippen molar-refractivity contribution in [2.24, 2.45) is 0 Å². The lowest BCUT2D eigenvalue weighted by Gasteiger charge is -2.33. The van der Waals surface area contributed by atoms with Crippen molar-refractivity contribution in [3.05, 3.63) is 23.4 Å². The summed E-state index contributed by atoms with van der Waals surface area (Å²) in [7, 11) is 2.07. The summed E-state index contributed by atoms with van der Waals surface area (Å²) in [5.41, 5.74) is 1.68. The molecule has 2 saturated heterocycles. The van der Waals surface area contributed by atoms with Gasteiger partial charge in [0.05, 0.1) is 6.54 Å². The maximum absolute atomic E-state index is 12.7. The highest BCUT2D eigenvalue weighted by Crippen LogP contribution is 2.33. The maximum Gasteiger partial charge on any atom is 0.327 e. The van der Waals surface area contributed by atoms with E-state index in [-0.39, 0.29) is 12.5 Å². The van der Waals surface area contributed by atoms with E-state index >= 15 is 0 Å². The minimum absolute atomic E-state index is 0.123. The lowest BCUT2D eigenvalue weighted by molar-refractivity contribution is -0.147. The first kappa shape index (κ1) is 16.7. The van der Waals surface area contributed by atoms with E-state index in [0.29, 0.717) is 6.42 Å². The molecule has 2 rings (SSSR count). The Morgan fingerprint density at radius 2 is 1.82 bits per heavy atom. The number of carboxylic acids is 1. The molecule has 2 aliphatic rings. The highest BCUT2D eigenvalue weighted by atomic mass is 16.4. The second-order valence-corrected chi connectivity index (χ2v) is 5.89. The minimum Gasteiger partial charge on any atom is -0.480 e. The number of likely N-dealkylation sites (N-methyl/N-ethyl adjacent to an activating group) is 1. The predicted octanol–water partition coefficient (Wildman–Crippen LogP) is 0.769. The Kier molecular flexibility index (Phi) is 5.37. The van der Waals surface area contributed by atoms with Crippen molar-refractivity contribution < 1.29 is 14.7 Å². The van der Waals surface area contributed by atoms with Gasteiger partial charge in [-0.05, 0) is 26.5 Å². The SMILES string of the molecule is C/C=C1/CC(C(=O)O)N(C(=O)CN2CCN(C)CC2)/C1=C/C. The molecular weight excluding hydrogens is 282 g/mol. The third kappa shape index (κ3) is 3.39. The summed E-state index contributed by atoms with van der Waals surface area (Å²) in [6.07, 6.45) is 4.12. The first-order valence-electron chi connectivity index (χ1n) is 7.75. The van der Waals surface area contributed by atoms with Crippen LogP contribution in [0.15, 0.2) is 23.4 Å². The van der Waals surface area contributed by atoms with Crippen LogP contribution in [0.5, 0.6) is 0 Å². The fraction of sp³-hybridized carbons (Fsp3) is 0.625. The molecule has 0 aliphatic carbocycles. The Balaban J connectivity index is 2.12. The molecule has 0 saturated carbocycles. The summed E-state index contributed by atoms with van der Waals surface area (Å²) >= 11 is 0. The van der Waals surface area contributed by atoms with Gasteiger partial charge in [0.15, 0.2) is 0 Å².